The van der Waals surface area contributed by atoms with Crippen LogP contribution in [0.3, 0.4) is 0 Å². The van der Waals surface area contributed by atoms with E-state index in [-0.39, 0.29) is 5.75 Å². The van der Waals surface area contributed by atoms with E-state index in [1.165, 1.54) is 0 Å². The average molecular weight is 618 g/mol. The van der Waals surface area contributed by atoms with Gasteiger partial charge >= 0.3 is 0 Å². The van der Waals surface area contributed by atoms with Crippen LogP contribution in [0.1, 0.15) is 0 Å². The first-order chi connectivity index (χ1) is 23.7. The molecule has 9 rings (SSSR count). The molecule has 0 fully saturated rings. The van der Waals surface area contributed by atoms with Gasteiger partial charge in [0.1, 0.15) is 16.9 Å². The molecule has 0 saturated carbocycles. The summed E-state index contributed by atoms with van der Waals surface area (Å²) in [5.74, 6) is 1.72. The Morgan fingerprint density at radius 2 is 1.02 bits per heavy atom. The van der Waals surface area contributed by atoms with Gasteiger partial charge in [-0.3, -0.25) is 0 Å². The molecule has 5 nitrogen and oxygen atoms in total. The van der Waals surface area contributed by atoms with Gasteiger partial charge in [0.15, 0.2) is 17.5 Å². The Balaban J connectivity index is 1.30. The van der Waals surface area contributed by atoms with Gasteiger partial charge in [0.2, 0.25) is 0 Å². The molecule has 2 heterocycles. The number of hydrogen-bond acceptors (Lipinski definition) is 5. The van der Waals surface area contributed by atoms with Crippen molar-refractivity contribution in [3.8, 4) is 62.2 Å². The zero-order valence-corrected chi connectivity index (χ0v) is 25.7. The standard InChI is InChI=1S/C43H27N3O2/c47-37-26-33(31-21-22-39-35(24-31)34-17-9-10-18-38(34)48-39)25-36(40(37)28-12-3-1-4-13-28)43-45-41(29-14-5-2-6-15-29)44-42(46-43)32-20-19-27-11-7-8-16-30(27)23-32/h1-26,47H. The van der Waals surface area contributed by atoms with E-state index in [0.717, 1.165) is 60.5 Å². The number of fused-ring (bicyclic) bond motifs is 4. The van der Waals surface area contributed by atoms with Gasteiger partial charge in [-0.25, -0.2) is 15.0 Å². The van der Waals surface area contributed by atoms with Crippen molar-refractivity contribution in [3.63, 3.8) is 0 Å². The summed E-state index contributed by atoms with van der Waals surface area (Å²) in [6, 6.07) is 52.4. The van der Waals surface area contributed by atoms with E-state index in [1.54, 1.807) is 0 Å². The Kier molecular flexibility index (Phi) is 6.54. The van der Waals surface area contributed by atoms with Crippen molar-refractivity contribution in [3.05, 3.63) is 158 Å². The molecule has 0 saturated heterocycles. The summed E-state index contributed by atoms with van der Waals surface area (Å²) in [4.78, 5) is 15.1. The van der Waals surface area contributed by atoms with Gasteiger partial charge in [-0.1, -0.05) is 121 Å². The van der Waals surface area contributed by atoms with Crippen molar-refractivity contribution in [1.29, 1.82) is 0 Å². The number of hydrogen-bond donors (Lipinski definition) is 1. The largest absolute Gasteiger partial charge is 0.507 e. The molecule has 0 atom stereocenters. The zero-order chi connectivity index (χ0) is 32.0. The molecule has 0 aliphatic rings. The molecule has 2 aromatic heterocycles. The average Bonchev–Trinajstić information content (AvgIpc) is 3.53. The molecular weight excluding hydrogens is 590 g/mol. The molecule has 9 aromatic rings. The van der Waals surface area contributed by atoms with Gasteiger partial charge in [-0.05, 0) is 63.9 Å². The zero-order valence-electron chi connectivity index (χ0n) is 25.7. The number of para-hydroxylation sites is 1. The highest BCUT2D eigenvalue weighted by Crippen LogP contribution is 2.43. The fourth-order valence-electron chi connectivity index (χ4n) is 6.45. The van der Waals surface area contributed by atoms with Crippen LogP contribution in [0.2, 0.25) is 0 Å². The second-order valence-corrected chi connectivity index (χ2v) is 11.8. The molecule has 0 unspecified atom stereocenters. The predicted octanol–water partition coefficient (Wildman–Crippen LogP) is 11.0. The van der Waals surface area contributed by atoms with E-state index in [9.17, 15) is 5.11 Å². The van der Waals surface area contributed by atoms with Crippen LogP contribution in [0, 0.1) is 0 Å². The van der Waals surface area contributed by atoms with Crippen LogP contribution >= 0.6 is 0 Å². The molecule has 0 bridgehead atoms. The van der Waals surface area contributed by atoms with Crippen molar-refractivity contribution in [2.45, 2.75) is 0 Å². The second-order valence-electron chi connectivity index (χ2n) is 11.8. The molecule has 7 aromatic carbocycles. The maximum atomic E-state index is 11.8. The summed E-state index contributed by atoms with van der Waals surface area (Å²) in [7, 11) is 0. The second kappa shape index (κ2) is 11.3. The first kappa shape index (κ1) is 27.7. The molecule has 0 radical (unpaired) electrons. The van der Waals surface area contributed by atoms with Crippen LogP contribution in [0.25, 0.3) is 89.1 Å². The van der Waals surface area contributed by atoms with Crippen LogP contribution in [-0.2, 0) is 0 Å². The highest BCUT2D eigenvalue weighted by atomic mass is 16.3. The van der Waals surface area contributed by atoms with Gasteiger partial charge in [-0.15, -0.1) is 0 Å². The third-order valence-electron chi connectivity index (χ3n) is 8.81. The lowest BCUT2D eigenvalue weighted by Crippen LogP contribution is -2.01. The van der Waals surface area contributed by atoms with Gasteiger partial charge in [0.25, 0.3) is 0 Å². The van der Waals surface area contributed by atoms with Crippen LogP contribution in [-0.4, -0.2) is 20.1 Å². The molecule has 0 amide bonds. The first-order valence-electron chi connectivity index (χ1n) is 15.8. The van der Waals surface area contributed by atoms with Gasteiger partial charge in [-0.2, -0.15) is 0 Å². The smallest absolute Gasteiger partial charge is 0.164 e. The molecule has 226 valence electrons. The quantitative estimate of drug-likeness (QED) is 0.208. The lowest BCUT2D eigenvalue weighted by atomic mass is 9.92. The van der Waals surface area contributed by atoms with E-state index in [0.29, 0.717) is 28.6 Å². The monoisotopic (exact) mass is 617 g/mol. The summed E-state index contributed by atoms with van der Waals surface area (Å²) in [6.45, 7) is 0. The maximum absolute atomic E-state index is 11.8. The van der Waals surface area contributed by atoms with Gasteiger partial charge < -0.3 is 9.52 Å². The minimum absolute atomic E-state index is 0.139. The van der Waals surface area contributed by atoms with Crippen LogP contribution in [0.15, 0.2) is 162 Å². The van der Waals surface area contributed by atoms with E-state index in [2.05, 4.69) is 42.5 Å². The topological polar surface area (TPSA) is 72.0 Å². The van der Waals surface area contributed by atoms with Crippen LogP contribution in [0.4, 0.5) is 0 Å². The lowest BCUT2D eigenvalue weighted by molar-refractivity contribution is 0.477. The Labute approximate surface area is 276 Å². The van der Waals surface area contributed by atoms with Crippen molar-refractivity contribution in [1.82, 2.24) is 15.0 Å². The number of phenolic OH excluding ortho intramolecular Hbond substituents is 1. The number of benzene rings is 7. The predicted molar refractivity (Wildman–Crippen MR) is 193 cm³/mol. The number of rotatable bonds is 5. The van der Waals surface area contributed by atoms with Crippen molar-refractivity contribution in [2.24, 2.45) is 0 Å². The minimum atomic E-state index is 0.139. The molecule has 5 heteroatoms. The van der Waals surface area contributed by atoms with E-state index < -0.39 is 0 Å². The SMILES string of the molecule is Oc1cc(-c2ccc3oc4ccccc4c3c2)cc(-c2nc(-c3ccccc3)nc(-c3ccc4ccccc4c3)n2)c1-c1ccccc1. The lowest BCUT2D eigenvalue weighted by Gasteiger charge is -2.16. The fourth-order valence-corrected chi connectivity index (χ4v) is 6.45. The number of phenols is 1. The molecule has 1 N–H and O–H groups in total. The third kappa shape index (κ3) is 4.86. The Morgan fingerprint density at radius 1 is 0.396 bits per heavy atom. The highest BCUT2D eigenvalue weighted by Gasteiger charge is 2.21. The summed E-state index contributed by atoms with van der Waals surface area (Å²) < 4.78 is 6.10. The van der Waals surface area contributed by atoms with Gasteiger partial charge in [0, 0.05) is 33.0 Å². The van der Waals surface area contributed by atoms with E-state index >= 15 is 0 Å². The number of furan rings is 1. The minimum Gasteiger partial charge on any atom is -0.507 e. The summed E-state index contributed by atoms with van der Waals surface area (Å²) in [5.41, 5.74) is 7.42. The third-order valence-corrected chi connectivity index (χ3v) is 8.81. The number of nitrogens with zero attached hydrogens (tertiary/aromatic N) is 3. The van der Waals surface area contributed by atoms with Crippen molar-refractivity contribution >= 4 is 32.7 Å². The molecule has 48 heavy (non-hydrogen) atoms. The van der Waals surface area contributed by atoms with Crippen molar-refractivity contribution < 1.29 is 9.52 Å². The summed E-state index contributed by atoms with van der Waals surface area (Å²) in [5, 5.41) is 16.1. The normalized spacial score (nSPS) is 11.4. The summed E-state index contributed by atoms with van der Waals surface area (Å²) in [6.07, 6.45) is 0. The molecule has 0 aliphatic carbocycles. The molecule has 0 spiro atoms. The number of aromatic nitrogens is 3. The fraction of sp³-hybridized carbons (Fsp3) is 0. The summed E-state index contributed by atoms with van der Waals surface area (Å²) >= 11 is 0. The van der Waals surface area contributed by atoms with Crippen molar-refractivity contribution in [2.75, 3.05) is 0 Å². The van der Waals surface area contributed by atoms with Gasteiger partial charge in [0.05, 0.1) is 0 Å². The van der Waals surface area contributed by atoms with Crippen LogP contribution in [0.5, 0.6) is 5.75 Å². The number of aromatic hydroxyl groups is 1. The first-order valence-corrected chi connectivity index (χ1v) is 15.8. The van der Waals surface area contributed by atoms with Crippen LogP contribution < -0.4 is 0 Å². The van der Waals surface area contributed by atoms with E-state index in [1.807, 2.05) is 115 Å². The Bertz CT molecular complexity index is 2630. The highest BCUT2D eigenvalue weighted by molar-refractivity contribution is 6.06. The Morgan fingerprint density at radius 3 is 1.83 bits per heavy atom. The van der Waals surface area contributed by atoms with E-state index in [4.69, 9.17) is 19.4 Å². The maximum Gasteiger partial charge on any atom is 0.164 e. The Hall–Kier alpha value is -6.59. The molecule has 0 aliphatic heterocycles. The molecular formula is C43H27N3O2.